The number of nitrogens with one attached hydrogen (secondary N) is 1. The highest BCUT2D eigenvalue weighted by Gasteiger charge is 2.40. The van der Waals surface area contributed by atoms with Gasteiger partial charge in [-0.25, -0.2) is 4.79 Å². The molecule has 0 bridgehead atoms. The van der Waals surface area contributed by atoms with Crippen LogP contribution in [0.2, 0.25) is 0 Å². The van der Waals surface area contributed by atoms with Crippen LogP contribution in [0.1, 0.15) is 5.56 Å². The highest BCUT2D eigenvalue weighted by atomic mass is 16.6. The summed E-state index contributed by atoms with van der Waals surface area (Å²) in [6.07, 6.45) is -0.429. The Kier molecular flexibility index (Phi) is 2.70. The maximum Gasteiger partial charge on any atom is 0.408 e. The summed E-state index contributed by atoms with van der Waals surface area (Å²) in [6.45, 7) is 0.646. The van der Waals surface area contributed by atoms with Crippen molar-refractivity contribution in [3.05, 3.63) is 29.8 Å². The fourth-order valence-corrected chi connectivity index (χ4v) is 1.75. The lowest BCUT2D eigenvalue weighted by Crippen LogP contribution is -2.38. The van der Waals surface area contributed by atoms with Gasteiger partial charge in [-0.3, -0.25) is 0 Å². The molecule has 0 aliphatic carbocycles. The molecular formula is C11H14N2O3. The fourth-order valence-electron chi connectivity index (χ4n) is 1.75. The van der Waals surface area contributed by atoms with Crippen molar-refractivity contribution in [2.45, 2.75) is 5.60 Å². The van der Waals surface area contributed by atoms with E-state index in [1.807, 2.05) is 24.3 Å². The van der Waals surface area contributed by atoms with E-state index in [2.05, 4.69) is 5.32 Å². The monoisotopic (exact) mass is 222 g/mol. The van der Waals surface area contributed by atoms with E-state index in [0.29, 0.717) is 6.54 Å². The van der Waals surface area contributed by atoms with E-state index in [4.69, 9.17) is 15.2 Å². The van der Waals surface area contributed by atoms with Crippen LogP contribution in [-0.4, -0.2) is 26.3 Å². The molecule has 3 N–H and O–H groups in total. The van der Waals surface area contributed by atoms with Crippen LogP contribution in [0.4, 0.5) is 4.79 Å². The first kappa shape index (κ1) is 10.8. The van der Waals surface area contributed by atoms with Gasteiger partial charge in [-0.1, -0.05) is 12.1 Å². The third kappa shape index (κ3) is 1.69. The van der Waals surface area contributed by atoms with E-state index >= 15 is 0 Å². The van der Waals surface area contributed by atoms with Crippen molar-refractivity contribution in [2.75, 3.05) is 20.2 Å². The van der Waals surface area contributed by atoms with Crippen LogP contribution in [0.3, 0.4) is 0 Å². The third-order valence-electron chi connectivity index (χ3n) is 2.75. The van der Waals surface area contributed by atoms with Gasteiger partial charge in [0.1, 0.15) is 5.75 Å². The summed E-state index contributed by atoms with van der Waals surface area (Å²) in [5, 5.41) is 2.62. The molecule has 2 rings (SSSR count). The first-order valence-electron chi connectivity index (χ1n) is 5.02. The topological polar surface area (TPSA) is 73.6 Å². The normalized spacial score (nSPS) is 23.8. The van der Waals surface area contributed by atoms with Crippen molar-refractivity contribution in [3.63, 3.8) is 0 Å². The zero-order valence-electron chi connectivity index (χ0n) is 9.03. The molecule has 5 heteroatoms. The molecule has 1 aliphatic heterocycles. The third-order valence-corrected chi connectivity index (χ3v) is 2.75. The highest BCUT2D eigenvalue weighted by Crippen LogP contribution is 2.29. The predicted molar refractivity (Wildman–Crippen MR) is 58.2 cm³/mol. The van der Waals surface area contributed by atoms with Gasteiger partial charge < -0.3 is 20.5 Å². The van der Waals surface area contributed by atoms with Crippen LogP contribution in [-0.2, 0) is 10.3 Å². The molecule has 86 valence electrons. The first-order valence-corrected chi connectivity index (χ1v) is 5.02. The molecule has 0 saturated carbocycles. The Labute approximate surface area is 93.5 Å². The van der Waals surface area contributed by atoms with Gasteiger partial charge in [-0.05, 0) is 17.7 Å². The molecule has 5 nitrogen and oxygen atoms in total. The van der Waals surface area contributed by atoms with Crippen LogP contribution in [0.5, 0.6) is 5.75 Å². The molecule has 1 atom stereocenters. The summed E-state index contributed by atoms with van der Waals surface area (Å²) >= 11 is 0. The van der Waals surface area contributed by atoms with Gasteiger partial charge in [0.25, 0.3) is 0 Å². The second kappa shape index (κ2) is 4.02. The average Bonchev–Trinajstić information content (AvgIpc) is 2.72. The minimum absolute atomic E-state index is 0.248. The highest BCUT2D eigenvalue weighted by molar-refractivity contribution is 5.70. The Balaban J connectivity index is 2.30. The number of carbonyl (C=O) groups excluding carboxylic acids is 1. The van der Waals surface area contributed by atoms with E-state index < -0.39 is 11.7 Å². The van der Waals surface area contributed by atoms with Gasteiger partial charge in [0.15, 0.2) is 5.60 Å². The molecule has 0 radical (unpaired) electrons. The number of benzene rings is 1. The molecule has 1 aliphatic rings. The second-order valence-electron chi connectivity index (χ2n) is 3.67. The van der Waals surface area contributed by atoms with E-state index in [0.717, 1.165) is 11.3 Å². The number of amides is 1. The smallest absolute Gasteiger partial charge is 0.408 e. The fraction of sp³-hybridized carbons (Fsp3) is 0.364. The van der Waals surface area contributed by atoms with Crippen molar-refractivity contribution in [2.24, 2.45) is 5.73 Å². The standard InChI is InChI=1S/C11H14N2O3/c1-15-9-4-2-8(3-5-9)11(6-12)7-13-10(14)16-11/h2-5H,6-7,12H2,1H3,(H,13,14). The summed E-state index contributed by atoms with van der Waals surface area (Å²) in [4.78, 5) is 11.1. The largest absolute Gasteiger partial charge is 0.497 e. The molecule has 1 heterocycles. The van der Waals surface area contributed by atoms with Gasteiger partial charge in [-0.15, -0.1) is 0 Å². The number of alkyl carbamates (subject to hydrolysis) is 1. The van der Waals surface area contributed by atoms with Gasteiger partial charge in [0.2, 0.25) is 0 Å². The zero-order valence-corrected chi connectivity index (χ0v) is 9.03. The lowest BCUT2D eigenvalue weighted by molar-refractivity contribution is 0.0617. The van der Waals surface area contributed by atoms with E-state index in [9.17, 15) is 4.79 Å². The molecule has 1 aromatic rings. The first-order chi connectivity index (χ1) is 7.70. The van der Waals surface area contributed by atoms with Crippen molar-refractivity contribution < 1.29 is 14.3 Å². The van der Waals surface area contributed by atoms with Crippen molar-refractivity contribution in [3.8, 4) is 5.75 Å². The van der Waals surface area contributed by atoms with Crippen molar-refractivity contribution in [1.29, 1.82) is 0 Å². The summed E-state index contributed by atoms with van der Waals surface area (Å²) in [5.41, 5.74) is 5.81. The van der Waals surface area contributed by atoms with Gasteiger partial charge in [0.05, 0.1) is 13.7 Å². The lowest BCUT2D eigenvalue weighted by atomic mass is 9.94. The molecule has 0 aromatic heterocycles. The van der Waals surface area contributed by atoms with Crippen LogP contribution >= 0.6 is 0 Å². The molecular weight excluding hydrogens is 208 g/mol. The van der Waals surface area contributed by atoms with Crippen molar-refractivity contribution in [1.82, 2.24) is 5.32 Å². The molecule has 1 saturated heterocycles. The number of hydrogen-bond donors (Lipinski definition) is 2. The molecule has 16 heavy (non-hydrogen) atoms. The molecule has 1 fully saturated rings. The lowest BCUT2D eigenvalue weighted by Gasteiger charge is -2.25. The summed E-state index contributed by atoms with van der Waals surface area (Å²) < 4.78 is 10.3. The minimum Gasteiger partial charge on any atom is -0.497 e. The van der Waals surface area contributed by atoms with Gasteiger partial charge in [-0.2, -0.15) is 0 Å². The minimum atomic E-state index is -0.747. The van der Waals surface area contributed by atoms with E-state index in [-0.39, 0.29) is 6.54 Å². The number of cyclic esters (lactones) is 1. The molecule has 1 amide bonds. The summed E-state index contributed by atoms with van der Waals surface area (Å²) in [5.74, 6) is 0.758. The maximum atomic E-state index is 11.1. The molecule has 1 aromatic carbocycles. The summed E-state index contributed by atoms with van der Waals surface area (Å²) in [6, 6.07) is 7.34. The van der Waals surface area contributed by atoms with Crippen LogP contribution < -0.4 is 15.8 Å². The number of rotatable bonds is 3. The number of ether oxygens (including phenoxy) is 2. The van der Waals surface area contributed by atoms with E-state index in [1.54, 1.807) is 7.11 Å². The van der Waals surface area contributed by atoms with Gasteiger partial charge in [0, 0.05) is 6.54 Å². The Morgan fingerprint density at radius 1 is 1.50 bits per heavy atom. The predicted octanol–water partition coefficient (Wildman–Crippen LogP) is 0.589. The van der Waals surface area contributed by atoms with Crippen LogP contribution in [0.15, 0.2) is 24.3 Å². The number of carbonyl (C=O) groups is 1. The number of nitrogens with two attached hydrogens (primary N) is 1. The molecule has 0 spiro atoms. The van der Waals surface area contributed by atoms with E-state index in [1.165, 1.54) is 0 Å². The van der Waals surface area contributed by atoms with Crippen molar-refractivity contribution >= 4 is 6.09 Å². The number of hydrogen-bond acceptors (Lipinski definition) is 4. The quantitative estimate of drug-likeness (QED) is 0.785. The molecule has 1 unspecified atom stereocenters. The second-order valence-corrected chi connectivity index (χ2v) is 3.67. The SMILES string of the molecule is COc1ccc(C2(CN)CNC(=O)O2)cc1. The Morgan fingerprint density at radius 2 is 2.19 bits per heavy atom. The summed E-state index contributed by atoms with van der Waals surface area (Å²) in [7, 11) is 1.60. The zero-order chi connectivity index (χ0) is 11.6. The van der Waals surface area contributed by atoms with Gasteiger partial charge >= 0.3 is 6.09 Å². The average molecular weight is 222 g/mol. The number of methoxy groups -OCH3 is 1. The van der Waals surface area contributed by atoms with Crippen LogP contribution in [0.25, 0.3) is 0 Å². The Hall–Kier alpha value is -1.75. The van der Waals surface area contributed by atoms with Crippen LogP contribution in [0, 0.1) is 0 Å². The Morgan fingerprint density at radius 3 is 2.62 bits per heavy atom. The maximum absolute atomic E-state index is 11.1. The Bertz CT molecular complexity index is 391.